The lowest BCUT2D eigenvalue weighted by Crippen LogP contribution is -2.44. The molecule has 2 N–H and O–H groups in total. The number of benzene rings is 3. The lowest BCUT2D eigenvalue weighted by Gasteiger charge is -2.27. The fourth-order valence-electron chi connectivity index (χ4n) is 3.46. The summed E-state index contributed by atoms with van der Waals surface area (Å²) in [6.45, 7) is 0. The number of rotatable bonds is 5. The van der Waals surface area contributed by atoms with Crippen molar-refractivity contribution in [1.82, 2.24) is 10.3 Å². The van der Waals surface area contributed by atoms with E-state index in [1.807, 2.05) is 36.4 Å². The lowest BCUT2D eigenvalue weighted by molar-refractivity contribution is -0.130. The van der Waals surface area contributed by atoms with Crippen molar-refractivity contribution in [2.75, 3.05) is 7.11 Å². The van der Waals surface area contributed by atoms with Crippen LogP contribution in [0.4, 0.5) is 4.79 Å². The van der Waals surface area contributed by atoms with Crippen LogP contribution in [-0.2, 0) is 10.3 Å². The molecule has 1 aliphatic heterocycles. The van der Waals surface area contributed by atoms with Gasteiger partial charge in [0.2, 0.25) is 0 Å². The Balaban J connectivity index is 1.74. The summed E-state index contributed by atoms with van der Waals surface area (Å²) in [5.41, 5.74) is 0.461. The average molecular weight is 401 g/mol. The molecule has 0 aliphatic carbocycles. The molecule has 7 heteroatoms. The van der Waals surface area contributed by atoms with Crippen LogP contribution in [0.25, 0.3) is 0 Å². The molecular weight excluding hydrogens is 382 g/mol. The highest BCUT2D eigenvalue weighted by Crippen LogP contribution is 2.36. The molecule has 0 saturated carbocycles. The zero-order valence-electron chi connectivity index (χ0n) is 16.1. The summed E-state index contributed by atoms with van der Waals surface area (Å²) in [5.74, 6) is -0.261. The zero-order chi connectivity index (χ0) is 21.1. The van der Waals surface area contributed by atoms with E-state index in [0.29, 0.717) is 16.7 Å². The second-order valence-corrected chi connectivity index (χ2v) is 6.71. The predicted molar refractivity (Wildman–Crippen MR) is 111 cm³/mol. The van der Waals surface area contributed by atoms with Gasteiger partial charge in [-0.2, -0.15) is 5.10 Å². The van der Waals surface area contributed by atoms with Gasteiger partial charge in [-0.3, -0.25) is 4.79 Å². The largest absolute Gasteiger partial charge is 0.504 e. The van der Waals surface area contributed by atoms with Gasteiger partial charge in [0, 0.05) is 0 Å². The molecule has 3 aromatic rings. The highest BCUT2D eigenvalue weighted by Gasteiger charge is 2.54. The maximum Gasteiger partial charge on any atom is 0.346 e. The van der Waals surface area contributed by atoms with Crippen molar-refractivity contribution >= 4 is 18.2 Å². The predicted octanol–water partition coefficient (Wildman–Crippen LogP) is 3.23. The SMILES string of the molecule is COc1cc(/C=N/N2C(=O)NC(c3ccccc3)(c3ccccc3)C2=O)ccc1O. The Morgan fingerprint density at radius 1 is 0.967 bits per heavy atom. The fourth-order valence-corrected chi connectivity index (χ4v) is 3.46. The standard InChI is InChI=1S/C23H19N3O4/c1-30-20-14-16(12-13-19(20)27)15-24-26-21(28)23(25-22(26)29,17-8-4-2-5-9-17)18-10-6-3-7-11-18/h2-15,27H,1H3,(H,25,29)/b24-15+. The molecule has 30 heavy (non-hydrogen) atoms. The van der Waals surface area contributed by atoms with Crippen molar-refractivity contribution in [2.24, 2.45) is 5.10 Å². The number of aromatic hydroxyl groups is 1. The van der Waals surface area contributed by atoms with E-state index in [1.54, 1.807) is 36.4 Å². The Morgan fingerprint density at radius 2 is 1.57 bits per heavy atom. The minimum Gasteiger partial charge on any atom is -0.504 e. The molecule has 4 rings (SSSR count). The number of nitrogens with zero attached hydrogens (tertiary/aromatic N) is 2. The molecule has 0 bridgehead atoms. The van der Waals surface area contributed by atoms with E-state index in [4.69, 9.17) is 4.74 Å². The number of amides is 3. The molecule has 0 radical (unpaired) electrons. The Hall–Kier alpha value is -4.13. The van der Waals surface area contributed by atoms with Crippen molar-refractivity contribution in [2.45, 2.75) is 5.54 Å². The van der Waals surface area contributed by atoms with E-state index in [9.17, 15) is 14.7 Å². The third-order valence-corrected chi connectivity index (χ3v) is 4.94. The summed E-state index contributed by atoms with van der Waals surface area (Å²) < 4.78 is 5.08. The molecule has 1 aliphatic rings. The van der Waals surface area contributed by atoms with Crippen LogP contribution in [0.2, 0.25) is 0 Å². The molecule has 7 nitrogen and oxygen atoms in total. The van der Waals surface area contributed by atoms with E-state index in [-0.39, 0.29) is 11.5 Å². The first-order valence-electron chi connectivity index (χ1n) is 9.25. The van der Waals surface area contributed by atoms with Crippen molar-refractivity contribution in [1.29, 1.82) is 0 Å². The maximum atomic E-state index is 13.5. The average Bonchev–Trinajstić information content (AvgIpc) is 3.05. The fraction of sp³-hybridized carbons (Fsp3) is 0.0870. The van der Waals surface area contributed by atoms with Gasteiger partial charge < -0.3 is 15.2 Å². The number of methoxy groups -OCH3 is 1. The highest BCUT2D eigenvalue weighted by atomic mass is 16.5. The number of nitrogens with one attached hydrogen (secondary N) is 1. The minimum atomic E-state index is -1.37. The molecule has 0 unspecified atom stereocenters. The monoisotopic (exact) mass is 401 g/mol. The van der Waals surface area contributed by atoms with Crippen LogP contribution in [-0.4, -0.2) is 35.4 Å². The maximum absolute atomic E-state index is 13.5. The number of phenolic OH excluding ortho intramolecular Hbond substituents is 1. The second kappa shape index (κ2) is 7.71. The van der Waals surface area contributed by atoms with Gasteiger partial charge in [0.05, 0.1) is 13.3 Å². The van der Waals surface area contributed by atoms with Gasteiger partial charge in [-0.05, 0) is 34.9 Å². The number of carbonyl (C=O) groups is 2. The molecule has 0 aromatic heterocycles. The number of phenols is 1. The van der Waals surface area contributed by atoms with Crippen molar-refractivity contribution in [3.05, 3.63) is 95.6 Å². The summed E-state index contributed by atoms with van der Waals surface area (Å²) in [7, 11) is 1.43. The zero-order valence-corrected chi connectivity index (χ0v) is 16.1. The molecular formula is C23H19N3O4. The summed E-state index contributed by atoms with van der Waals surface area (Å²) in [6, 6.07) is 22.1. The quantitative estimate of drug-likeness (QED) is 0.507. The molecule has 0 atom stereocenters. The molecule has 3 amide bonds. The first-order valence-corrected chi connectivity index (χ1v) is 9.25. The molecule has 1 saturated heterocycles. The van der Waals surface area contributed by atoms with E-state index in [2.05, 4.69) is 10.4 Å². The van der Waals surface area contributed by atoms with Crippen LogP contribution >= 0.6 is 0 Å². The summed E-state index contributed by atoms with van der Waals surface area (Å²) in [5, 5.41) is 17.5. The van der Waals surface area contributed by atoms with Crippen LogP contribution in [0.5, 0.6) is 11.5 Å². The van der Waals surface area contributed by atoms with Gasteiger partial charge in [0.25, 0.3) is 5.91 Å². The number of carbonyl (C=O) groups excluding carboxylic acids is 2. The topological polar surface area (TPSA) is 91.2 Å². The molecule has 1 fully saturated rings. The van der Waals surface area contributed by atoms with Crippen LogP contribution in [0.15, 0.2) is 84.0 Å². The first-order chi connectivity index (χ1) is 14.6. The van der Waals surface area contributed by atoms with Crippen LogP contribution in [0.3, 0.4) is 0 Å². The van der Waals surface area contributed by atoms with Gasteiger partial charge in [0.1, 0.15) is 0 Å². The summed E-state index contributed by atoms with van der Waals surface area (Å²) >= 11 is 0. The molecule has 0 spiro atoms. The van der Waals surface area contributed by atoms with Crippen LogP contribution in [0, 0.1) is 0 Å². The Bertz CT molecular complexity index is 1070. The van der Waals surface area contributed by atoms with Crippen LogP contribution in [0.1, 0.15) is 16.7 Å². The number of imide groups is 1. The van der Waals surface area contributed by atoms with Crippen LogP contribution < -0.4 is 10.1 Å². The number of ether oxygens (including phenoxy) is 1. The Kier molecular flexibility index (Phi) is 4.93. The van der Waals surface area contributed by atoms with Gasteiger partial charge in [0.15, 0.2) is 17.0 Å². The smallest absolute Gasteiger partial charge is 0.346 e. The number of hydrogen-bond donors (Lipinski definition) is 2. The van der Waals surface area contributed by atoms with E-state index in [1.165, 1.54) is 19.4 Å². The minimum absolute atomic E-state index is 0.0168. The van der Waals surface area contributed by atoms with Crippen molar-refractivity contribution < 1.29 is 19.4 Å². The Morgan fingerprint density at radius 3 is 2.13 bits per heavy atom. The molecule has 150 valence electrons. The van der Waals surface area contributed by atoms with Gasteiger partial charge in [-0.15, -0.1) is 5.01 Å². The number of hydrogen-bond acceptors (Lipinski definition) is 5. The third-order valence-electron chi connectivity index (χ3n) is 4.94. The van der Waals surface area contributed by atoms with Gasteiger partial charge >= 0.3 is 6.03 Å². The van der Waals surface area contributed by atoms with Gasteiger partial charge in [-0.1, -0.05) is 60.7 Å². The molecule has 3 aromatic carbocycles. The summed E-state index contributed by atoms with van der Waals surface area (Å²) in [4.78, 5) is 26.3. The second-order valence-electron chi connectivity index (χ2n) is 6.71. The normalized spacial score (nSPS) is 15.4. The van der Waals surface area contributed by atoms with E-state index >= 15 is 0 Å². The number of hydrazone groups is 1. The Labute approximate surface area is 173 Å². The van der Waals surface area contributed by atoms with Crippen molar-refractivity contribution in [3.8, 4) is 11.5 Å². The molecule has 1 heterocycles. The lowest BCUT2D eigenvalue weighted by atomic mass is 9.83. The number of urea groups is 1. The van der Waals surface area contributed by atoms with Crippen molar-refractivity contribution in [3.63, 3.8) is 0 Å². The summed E-state index contributed by atoms with van der Waals surface area (Å²) in [6.07, 6.45) is 1.37. The van der Waals surface area contributed by atoms with E-state index < -0.39 is 17.5 Å². The highest BCUT2D eigenvalue weighted by molar-refractivity contribution is 6.09. The van der Waals surface area contributed by atoms with Gasteiger partial charge in [-0.25, -0.2) is 4.79 Å². The van der Waals surface area contributed by atoms with E-state index in [0.717, 1.165) is 5.01 Å². The third kappa shape index (κ3) is 3.16. The first kappa shape index (κ1) is 19.2.